The van der Waals surface area contributed by atoms with Crippen LogP contribution in [0, 0.1) is 0 Å². The fourth-order valence-corrected chi connectivity index (χ4v) is 6.01. The van der Waals surface area contributed by atoms with Gasteiger partial charge in [0.1, 0.15) is 9.84 Å². The minimum Gasteiger partial charge on any atom is -0.329 e. The molecule has 0 aromatic carbocycles. The number of sulfone groups is 1. The highest BCUT2D eigenvalue weighted by Crippen LogP contribution is 2.22. The number of sulfonamides is 1. The lowest BCUT2D eigenvalue weighted by atomic mass is 10.2. The van der Waals surface area contributed by atoms with E-state index in [0.717, 1.165) is 12.8 Å². The zero-order chi connectivity index (χ0) is 14.5. The molecule has 0 aromatic heterocycles. The molecule has 1 rings (SSSR count). The highest BCUT2D eigenvalue weighted by atomic mass is 32.2. The van der Waals surface area contributed by atoms with Crippen molar-refractivity contribution in [3.8, 4) is 0 Å². The fraction of sp³-hybridized carbons (Fsp3) is 1.00. The summed E-state index contributed by atoms with van der Waals surface area (Å²) in [5, 5.41) is -0.570. The van der Waals surface area contributed by atoms with Crippen molar-refractivity contribution in [1.82, 2.24) is 4.31 Å². The van der Waals surface area contributed by atoms with E-state index in [9.17, 15) is 16.8 Å². The molecule has 0 atom stereocenters. The van der Waals surface area contributed by atoms with Crippen LogP contribution in [-0.4, -0.2) is 57.5 Å². The quantitative estimate of drug-likeness (QED) is 0.711. The molecular weight excluding hydrogens is 288 g/mol. The first kappa shape index (κ1) is 16.9. The van der Waals surface area contributed by atoms with Gasteiger partial charge in [0.25, 0.3) is 0 Å². The Balaban J connectivity index is 2.76. The SMILES string of the molecule is CCCCN(CCN)S(=O)(=O)C1CCS(=O)(=O)CC1. The van der Waals surface area contributed by atoms with E-state index < -0.39 is 25.1 Å². The molecule has 0 aromatic rings. The molecular formula is C11H24N2O4S2. The van der Waals surface area contributed by atoms with Gasteiger partial charge >= 0.3 is 0 Å². The van der Waals surface area contributed by atoms with Crippen LogP contribution in [-0.2, 0) is 19.9 Å². The standard InChI is InChI=1S/C11H24N2O4S2/c1-2-3-7-13(8-6-12)19(16,17)11-4-9-18(14,15)10-5-11/h11H,2-10,12H2,1H3. The van der Waals surface area contributed by atoms with Crippen LogP contribution in [0.25, 0.3) is 0 Å². The van der Waals surface area contributed by atoms with Gasteiger partial charge in [-0.1, -0.05) is 13.3 Å². The van der Waals surface area contributed by atoms with Gasteiger partial charge < -0.3 is 5.73 Å². The molecule has 19 heavy (non-hydrogen) atoms. The first-order chi connectivity index (χ1) is 8.83. The Morgan fingerprint density at radius 2 is 1.79 bits per heavy atom. The minimum absolute atomic E-state index is 0.0266. The second kappa shape index (κ2) is 7.01. The molecule has 0 amide bonds. The first-order valence-corrected chi connectivity index (χ1v) is 10.1. The minimum atomic E-state index is -3.42. The van der Waals surface area contributed by atoms with Crippen LogP contribution in [0.2, 0.25) is 0 Å². The van der Waals surface area contributed by atoms with Gasteiger partial charge in [-0.15, -0.1) is 0 Å². The van der Waals surface area contributed by atoms with Gasteiger partial charge in [-0.2, -0.15) is 0 Å². The summed E-state index contributed by atoms with van der Waals surface area (Å²) in [4.78, 5) is 0. The molecule has 114 valence electrons. The third-order valence-corrected chi connectivity index (χ3v) is 7.54. The van der Waals surface area contributed by atoms with E-state index in [2.05, 4.69) is 0 Å². The van der Waals surface area contributed by atoms with E-state index in [0.29, 0.717) is 13.1 Å². The molecule has 8 heteroatoms. The van der Waals surface area contributed by atoms with E-state index in [1.807, 2.05) is 6.92 Å². The third-order valence-electron chi connectivity index (χ3n) is 3.42. The molecule has 2 N–H and O–H groups in total. The molecule has 0 aliphatic carbocycles. The Morgan fingerprint density at radius 3 is 2.26 bits per heavy atom. The van der Waals surface area contributed by atoms with Crippen LogP contribution in [0.3, 0.4) is 0 Å². The predicted octanol–water partition coefficient (Wildman–Crippen LogP) is -0.0458. The maximum absolute atomic E-state index is 12.5. The Kier molecular flexibility index (Phi) is 6.22. The zero-order valence-corrected chi connectivity index (χ0v) is 13.0. The second-order valence-electron chi connectivity index (χ2n) is 4.94. The van der Waals surface area contributed by atoms with Crippen LogP contribution < -0.4 is 5.73 Å². The summed E-state index contributed by atoms with van der Waals surface area (Å²) in [7, 11) is -6.46. The van der Waals surface area contributed by atoms with Crippen molar-refractivity contribution in [2.24, 2.45) is 5.73 Å². The average Bonchev–Trinajstić information content (AvgIpc) is 2.33. The normalized spacial score (nSPS) is 20.8. The smallest absolute Gasteiger partial charge is 0.217 e. The number of nitrogens with two attached hydrogens (primary N) is 1. The van der Waals surface area contributed by atoms with Crippen LogP contribution in [0.4, 0.5) is 0 Å². The van der Waals surface area contributed by atoms with Crippen LogP contribution in [0.5, 0.6) is 0 Å². The van der Waals surface area contributed by atoms with Gasteiger partial charge in [0.2, 0.25) is 10.0 Å². The van der Waals surface area contributed by atoms with Crippen molar-refractivity contribution in [2.75, 3.05) is 31.1 Å². The van der Waals surface area contributed by atoms with Crippen molar-refractivity contribution in [3.05, 3.63) is 0 Å². The Morgan fingerprint density at radius 1 is 1.21 bits per heavy atom. The van der Waals surface area contributed by atoms with Gasteiger partial charge in [0.05, 0.1) is 16.8 Å². The maximum Gasteiger partial charge on any atom is 0.217 e. The predicted molar refractivity (Wildman–Crippen MR) is 76.1 cm³/mol. The van der Waals surface area contributed by atoms with Gasteiger partial charge in [0, 0.05) is 19.6 Å². The number of hydrogen-bond donors (Lipinski definition) is 1. The van der Waals surface area contributed by atoms with Crippen molar-refractivity contribution >= 4 is 19.9 Å². The van der Waals surface area contributed by atoms with Gasteiger partial charge in [-0.05, 0) is 19.3 Å². The molecule has 1 heterocycles. The van der Waals surface area contributed by atoms with E-state index in [-0.39, 0.29) is 30.9 Å². The fourth-order valence-electron chi connectivity index (χ4n) is 2.22. The number of hydrogen-bond acceptors (Lipinski definition) is 5. The van der Waals surface area contributed by atoms with Gasteiger partial charge in [-0.25, -0.2) is 21.1 Å². The topological polar surface area (TPSA) is 97.5 Å². The number of nitrogens with zero attached hydrogens (tertiary/aromatic N) is 1. The molecule has 0 radical (unpaired) electrons. The highest BCUT2D eigenvalue weighted by Gasteiger charge is 2.36. The van der Waals surface area contributed by atoms with Crippen molar-refractivity contribution < 1.29 is 16.8 Å². The van der Waals surface area contributed by atoms with E-state index >= 15 is 0 Å². The van der Waals surface area contributed by atoms with Crippen molar-refractivity contribution in [2.45, 2.75) is 37.9 Å². The lowest BCUT2D eigenvalue weighted by molar-refractivity contribution is 0.399. The number of unbranched alkanes of at least 4 members (excludes halogenated alkanes) is 1. The lowest BCUT2D eigenvalue weighted by Gasteiger charge is -2.29. The monoisotopic (exact) mass is 312 g/mol. The zero-order valence-electron chi connectivity index (χ0n) is 11.4. The molecule has 1 saturated heterocycles. The third kappa shape index (κ3) is 4.70. The molecule has 1 fully saturated rings. The maximum atomic E-state index is 12.5. The summed E-state index contributed by atoms with van der Waals surface area (Å²) in [5.41, 5.74) is 5.47. The summed E-state index contributed by atoms with van der Waals surface area (Å²) in [6.07, 6.45) is 2.12. The summed E-state index contributed by atoms with van der Waals surface area (Å²) < 4.78 is 49.1. The van der Waals surface area contributed by atoms with Gasteiger partial charge in [0.15, 0.2) is 0 Å². The molecule has 0 bridgehead atoms. The van der Waals surface area contributed by atoms with E-state index in [1.54, 1.807) is 0 Å². The van der Waals surface area contributed by atoms with E-state index in [1.165, 1.54) is 4.31 Å². The van der Waals surface area contributed by atoms with Crippen LogP contribution in [0.1, 0.15) is 32.6 Å². The average molecular weight is 312 g/mol. The highest BCUT2D eigenvalue weighted by molar-refractivity contribution is 7.92. The lowest BCUT2D eigenvalue weighted by Crippen LogP contribution is -2.44. The van der Waals surface area contributed by atoms with Crippen molar-refractivity contribution in [1.29, 1.82) is 0 Å². The van der Waals surface area contributed by atoms with Crippen LogP contribution >= 0.6 is 0 Å². The summed E-state index contributed by atoms with van der Waals surface area (Å²) in [5.74, 6) is -0.0533. The largest absolute Gasteiger partial charge is 0.329 e. The van der Waals surface area contributed by atoms with Crippen molar-refractivity contribution in [3.63, 3.8) is 0 Å². The van der Waals surface area contributed by atoms with Crippen LogP contribution in [0.15, 0.2) is 0 Å². The number of rotatable bonds is 7. The Hall–Kier alpha value is -0.180. The second-order valence-corrected chi connectivity index (χ2v) is 9.45. The Labute approximate surface area is 116 Å². The molecule has 1 aliphatic heterocycles. The first-order valence-electron chi connectivity index (χ1n) is 6.73. The molecule has 6 nitrogen and oxygen atoms in total. The molecule has 1 aliphatic rings. The van der Waals surface area contributed by atoms with Gasteiger partial charge in [-0.3, -0.25) is 0 Å². The summed E-state index contributed by atoms with van der Waals surface area (Å²) in [6.45, 7) is 3.07. The molecule has 0 saturated carbocycles. The van der Waals surface area contributed by atoms with E-state index in [4.69, 9.17) is 5.73 Å². The Bertz CT molecular complexity index is 459. The molecule has 0 unspecified atom stereocenters. The summed E-state index contributed by atoms with van der Waals surface area (Å²) in [6, 6.07) is 0. The summed E-state index contributed by atoms with van der Waals surface area (Å²) >= 11 is 0. The molecule has 0 spiro atoms.